The second-order valence-corrected chi connectivity index (χ2v) is 3.92. The maximum atomic E-state index is 10.7. The molecular weight excluding hydrogens is 246 g/mol. The van der Waals surface area contributed by atoms with E-state index in [0.717, 1.165) is 0 Å². The van der Waals surface area contributed by atoms with Crippen LogP contribution in [0.5, 0.6) is 11.5 Å². The van der Waals surface area contributed by atoms with Crippen molar-refractivity contribution in [3.8, 4) is 11.5 Å². The SMILES string of the molecule is C=CCN(CCOc1ccccc1OC)CC(=O)O. The van der Waals surface area contributed by atoms with Gasteiger partial charge in [0.1, 0.15) is 6.61 Å². The number of hydrogen-bond acceptors (Lipinski definition) is 4. The van der Waals surface area contributed by atoms with E-state index in [1.165, 1.54) is 0 Å². The van der Waals surface area contributed by atoms with Crippen molar-refractivity contribution in [1.29, 1.82) is 0 Å². The van der Waals surface area contributed by atoms with Crippen molar-refractivity contribution < 1.29 is 19.4 Å². The number of ether oxygens (including phenoxy) is 2. The average molecular weight is 265 g/mol. The summed E-state index contributed by atoms with van der Waals surface area (Å²) in [6, 6.07) is 7.35. The number of benzene rings is 1. The van der Waals surface area contributed by atoms with Gasteiger partial charge in [-0.2, -0.15) is 0 Å². The Morgan fingerprint density at radius 3 is 2.68 bits per heavy atom. The molecule has 1 rings (SSSR count). The Morgan fingerprint density at radius 2 is 2.11 bits per heavy atom. The standard InChI is InChI=1S/C14H19NO4/c1-3-8-15(11-14(16)17)9-10-19-13-7-5-4-6-12(13)18-2/h3-7H,1,8-11H2,2H3,(H,16,17). The summed E-state index contributed by atoms with van der Waals surface area (Å²) in [6.45, 7) is 5.00. The summed E-state index contributed by atoms with van der Waals surface area (Å²) < 4.78 is 10.8. The van der Waals surface area contributed by atoms with Gasteiger partial charge in [-0.05, 0) is 12.1 Å². The molecule has 0 fully saturated rings. The molecule has 1 aromatic rings. The van der Waals surface area contributed by atoms with Gasteiger partial charge in [0.25, 0.3) is 0 Å². The highest BCUT2D eigenvalue weighted by molar-refractivity contribution is 5.69. The highest BCUT2D eigenvalue weighted by Crippen LogP contribution is 2.25. The fraction of sp³-hybridized carbons (Fsp3) is 0.357. The fourth-order valence-corrected chi connectivity index (χ4v) is 1.63. The molecular formula is C14H19NO4. The van der Waals surface area contributed by atoms with Crippen LogP contribution in [0.2, 0.25) is 0 Å². The number of nitrogens with zero attached hydrogens (tertiary/aromatic N) is 1. The Labute approximate surface area is 113 Å². The predicted octanol–water partition coefficient (Wildman–Crippen LogP) is 1.65. The number of methoxy groups -OCH3 is 1. The Hall–Kier alpha value is -2.01. The maximum absolute atomic E-state index is 10.7. The van der Waals surface area contributed by atoms with Crippen LogP contribution in [-0.2, 0) is 4.79 Å². The van der Waals surface area contributed by atoms with Crippen LogP contribution in [0.3, 0.4) is 0 Å². The van der Waals surface area contributed by atoms with Crippen LogP contribution in [0.4, 0.5) is 0 Å². The molecule has 0 aliphatic heterocycles. The van der Waals surface area contributed by atoms with Gasteiger partial charge in [0, 0.05) is 13.1 Å². The molecule has 0 amide bonds. The van der Waals surface area contributed by atoms with Gasteiger partial charge < -0.3 is 14.6 Å². The van der Waals surface area contributed by atoms with Crippen molar-refractivity contribution in [3.05, 3.63) is 36.9 Å². The lowest BCUT2D eigenvalue weighted by atomic mass is 10.3. The molecule has 1 aromatic carbocycles. The van der Waals surface area contributed by atoms with Crippen molar-refractivity contribution in [3.63, 3.8) is 0 Å². The summed E-state index contributed by atoms with van der Waals surface area (Å²) in [5.41, 5.74) is 0. The zero-order valence-corrected chi connectivity index (χ0v) is 11.0. The molecule has 5 nitrogen and oxygen atoms in total. The van der Waals surface area contributed by atoms with Gasteiger partial charge in [-0.15, -0.1) is 6.58 Å². The van der Waals surface area contributed by atoms with Crippen LogP contribution in [-0.4, -0.2) is 49.3 Å². The van der Waals surface area contributed by atoms with Gasteiger partial charge in [0.05, 0.1) is 13.7 Å². The smallest absolute Gasteiger partial charge is 0.317 e. The molecule has 19 heavy (non-hydrogen) atoms. The lowest BCUT2D eigenvalue weighted by Gasteiger charge is -2.18. The molecule has 0 aliphatic rings. The molecule has 0 radical (unpaired) electrons. The normalized spacial score (nSPS) is 10.2. The topological polar surface area (TPSA) is 59.0 Å². The molecule has 0 heterocycles. The van der Waals surface area contributed by atoms with E-state index in [4.69, 9.17) is 14.6 Å². The van der Waals surface area contributed by atoms with E-state index in [2.05, 4.69) is 6.58 Å². The van der Waals surface area contributed by atoms with E-state index in [1.54, 1.807) is 18.1 Å². The Morgan fingerprint density at radius 1 is 1.42 bits per heavy atom. The number of para-hydroxylation sites is 2. The van der Waals surface area contributed by atoms with E-state index < -0.39 is 5.97 Å². The van der Waals surface area contributed by atoms with Crippen LogP contribution in [0.15, 0.2) is 36.9 Å². The molecule has 1 N–H and O–H groups in total. The van der Waals surface area contributed by atoms with E-state index in [1.807, 2.05) is 24.3 Å². The first-order chi connectivity index (χ1) is 9.17. The molecule has 0 aromatic heterocycles. The van der Waals surface area contributed by atoms with Crippen LogP contribution < -0.4 is 9.47 Å². The van der Waals surface area contributed by atoms with Gasteiger partial charge in [0.2, 0.25) is 0 Å². The zero-order valence-electron chi connectivity index (χ0n) is 11.0. The first kappa shape index (κ1) is 15.0. The molecule has 0 saturated carbocycles. The van der Waals surface area contributed by atoms with E-state index >= 15 is 0 Å². The second-order valence-electron chi connectivity index (χ2n) is 3.92. The van der Waals surface area contributed by atoms with Gasteiger partial charge >= 0.3 is 5.97 Å². The average Bonchev–Trinajstić information content (AvgIpc) is 2.39. The van der Waals surface area contributed by atoms with Crippen LogP contribution in [0.1, 0.15) is 0 Å². The molecule has 5 heteroatoms. The minimum Gasteiger partial charge on any atom is -0.493 e. The highest BCUT2D eigenvalue weighted by atomic mass is 16.5. The molecule has 0 unspecified atom stereocenters. The van der Waals surface area contributed by atoms with Crippen molar-refractivity contribution in [2.75, 3.05) is 33.4 Å². The van der Waals surface area contributed by atoms with Gasteiger partial charge in [-0.1, -0.05) is 18.2 Å². The van der Waals surface area contributed by atoms with E-state index in [-0.39, 0.29) is 6.54 Å². The number of carboxylic acids is 1. The molecule has 0 bridgehead atoms. The number of rotatable bonds is 9. The number of aliphatic carboxylic acids is 1. The lowest BCUT2D eigenvalue weighted by molar-refractivity contribution is -0.138. The Bertz CT molecular complexity index is 420. The van der Waals surface area contributed by atoms with Crippen molar-refractivity contribution in [2.24, 2.45) is 0 Å². The highest BCUT2D eigenvalue weighted by Gasteiger charge is 2.09. The van der Waals surface area contributed by atoms with E-state index in [0.29, 0.717) is 31.2 Å². The summed E-state index contributed by atoms with van der Waals surface area (Å²) in [5.74, 6) is 0.453. The third kappa shape index (κ3) is 5.44. The van der Waals surface area contributed by atoms with Gasteiger partial charge in [0.15, 0.2) is 11.5 Å². The summed E-state index contributed by atoms with van der Waals surface area (Å²) in [6.07, 6.45) is 1.67. The Kier molecular flexibility index (Phi) is 6.46. The van der Waals surface area contributed by atoms with Gasteiger partial charge in [-0.25, -0.2) is 0 Å². The van der Waals surface area contributed by atoms with Crippen LogP contribution >= 0.6 is 0 Å². The molecule has 0 atom stereocenters. The van der Waals surface area contributed by atoms with Crippen LogP contribution in [0.25, 0.3) is 0 Å². The lowest BCUT2D eigenvalue weighted by Crippen LogP contribution is -2.33. The van der Waals surface area contributed by atoms with Gasteiger partial charge in [-0.3, -0.25) is 9.69 Å². The molecule has 0 aliphatic carbocycles. The number of hydrogen-bond donors (Lipinski definition) is 1. The molecule has 0 saturated heterocycles. The van der Waals surface area contributed by atoms with Crippen molar-refractivity contribution in [2.45, 2.75) is 0 Å². The maximum Gasteiger partial charge on any atom is 0.317 e. The fourth-order valence-electron chi connectivity index (χ4n) is 1.63. The summed E-state index contributed by atoms with van der Waals surface area (Å²) in [7, 11) is 1.58. The first-order valence-electron chi connectivity index (χ1n) is 5.98. The summed E-state index contributed by atoms with van der Waals surface area (Å²) in [4.78, 5) is 12.4. The monoisotopic (exact) mass is 265 g/mol. The van der Waals surface area contributed by atoms with E-state index in [9.17, 15) is 4.79 Å². The number of carboxylic acid groups (broad SMARTS) is 1. The largest absolute Gasteiger partial charge is 0.493 e. The zero-order chi connectivity index (χ0) is 14.1. The van der Waals surface area contributed by atoms with Crippen molar-refractivity contribution >= 4 is 5.97 Å². The number of carbonyl (C=O) groups is 1. The molecule has 104 valence electrons. The summed E-state index contributed by atoms with van der Waals surface area (Å²) in [5, 5.41) is 8.77. The second kappa shape index (κ2) is 8.16. The Balaban J connectivity index is 2.46. The predicted molar refractivity (Wildman–Crippen MR) is 72.8 cm³/mol. The third-order valence-electron chi connectivity index (χ3n) is 2.48. The molecule has 0 spiro atoms. The minimum atomic E-state index is -0.862. The first-order valence-corrected chi connectivity index (χ1v) is 5.98. The minimum absolute atomic E-state index is 0.0265. The quantitative estimate of drug-likeness (QED) is 0.688. The van der Waals surface area contributed by atoms with Crippen LogP contribution in [0, 0.1) is 0 Å². The van der Waals surface area contributed by atoms with Crippen molar-refractivity contribution in [1.82, 2.24) is 4.90 Å². The third-order valence-corrected chi connectivity index (χ3v) is 2.48. The summed E-state index contributed by atoms with van der Waals surface area (Å²) >= 11 is 0.